The average Bonchev–Trinajstić information content (AvgIpc) is 3.17. The molecule has 0 saturated carbocycles. The van der Waals surface area contributed by atoms with Crippen molar-refractivity contribution in [2.75, 3.05) is 31.9 Å². The minimum absolute atomic E-state index is 0.0210. The summed E-state index contributed by atoms with van der Waals surface area (Å²) in [6.07, 6.45) is 2.20. The highest BCUT2D eigenvalue weighted by Gasteiger charge is 2.25. The van der Waals surface area contributed by atoms with Crippen molar-refractivity contribution in [1.82, 2.24) is 10.2 Å². The van der Waals surface area contributed by atoms with Gasteiger partial charge in [-0.05, 0) is 43.4 Å². The predicted molar refractivity (Wildman–Crippen MR) is 114 cm³/mol. The van der Waals surface area contributed by atoms with Crippen LogP contribution in [0.3, 0.4) is 0 Å². The normalized spacial score (nSPS) is 17.7. The molecule has 1 aliphatic heterocycles. The third kappa shape index (κ3) is 5.58. The second kappa shape index (κ2) is 9.73. The smallest absolute Gasteiger partial charge is 0.193 e. The van der Waals surface area contributed by atoms with Crippen LogP contribution < -0.4 is 5.32 Å². The van der Waals surface area contributed by atoms with Crippen LogP contribution >= 0.6 is 0 Å². The second-order valence-corrected chi connectivity index (χ2v) is 9.27. The minimum Gasteiger partial charge on any atom is -0.357 e. The summed E-state index contributed by atoms with van der Waals surface area (Å²) >= 11 is 0. The topological polar surface area (TPSA) is 61.8 Å². The molecule has 1 aliphatic rings. The molecule has 0 aromatic heterocycles. The first-order valence-corrected chi connectivity index (χ1v) is 11.6. The average molecular weight is 400 g/mol. The third-order valence-corrected chi connectivity index (χ3v) is 6.72. The number of hydrogen-bond donors (Lipinski definition) is 1. The molecule has 0 spiro atoms. The van der Waals surface area contributed by atoms with Gasteiger partial charge in [0.1, 0.15) is 0 Å². The molecular formula is C22H29N3O2S. The summed E-state index contributed by atoms with van der Waals surface area (Å²) in [5.74, 6) is 1.44. The van der Waals surface area contributed by atoms with Crippen LogP contribution in [0.15, 0.2) is 70.6 Å². The fourth-order valence-electron chi connectivity index (χ4n) is 3.58. The van der Waals surface area contributed by atoms with Gasteiger partial charge in [-0.2, -0.15) is 0 Å². The number of nitrogens with one attached hydrogen (secondary N) is 1. The van der Waals surface area contributed by atoms with Crippen molar-refractivity contribution in [2.45, 2.75) is 24.7 Å². The van der Waals surface area contributed by atoms with Gasteiger partial charge in [0.2, 0.25) is 0 Å². The predicted octanol–water partition coefficient (Wildman–Crippen LogP) is 2.99. The summed E-state index contributed by atoms with van der Waals surface area (Å²) in [6, 6.07) is 19.2. The fourth-order valence-corrected chi connectivity index (χ4v) is 4.72. The standard InChI is InChI=1S/C22H29N3O2S/c1-2-23-22(24-14-16-28(26,27)21-11-7-4-8-12-21)25-15-13-20(18-25)17-19-9-5-3-6-10-19/h3-12,20H,2,13-18H2,1H3,(H,23,24). The van der Waals surface area contributed by atoms with Gasteiger partial charge in [0, 0.05) is 19.6 Å². The Morgan fingerprint density at radius 1 is 1.11 bits per heavy atom. The van der Waals surface area contributed by atoms with Crippen molar-refractivity contribution in [3.05, 3.63) is 66.2 Å². The molecule has 2 aromatic carbocycles. The quantitative estimate of drug-likeness (QED) is 0.574. The monoisotopic (exact) mass is 399 g/mol. The lowest BCUT2D eigenvalue weighted by Gasteiger charge is -2.21. The maximum atomic E-state index is 12.4. The van der Waals surface area contributed by atoms with Crippen LogP contribution in [0.5, 0.6) is 0 Å². The molecule has 6 heteroatoms. The Labute approximate surface area is 168 Å². The van der Waals surface area contributed by atoms with Gasteiger partial charge in [0.25, 0.3) is 0 Å². The molecule has 1 saturated heterocycles. The first kappa shape index (κ1) is 20.4. The van der Waals surface area contributed by atoms with Crippen LogP contribution in [0.2, 0.25) is 0 Å². The van der Waals surface area contributed by atoms with Crippen LogP contribution in [0.25, 0.3) is 0 Å². The zero-order valence-corrected chi connectivity index (χ0v) is 17.2. The van der Waals surface area contributed by atoms with Crippen LogP contribution in [0.4, 0.5) is 0 Å². The highest BCUT2D eigenvalue weighted by molar-refractivity contribution is 7.91. The minimum atomic E-state index is -3.30. The van der Waals surface area contributed by atoms with E-state index in [4.69, 9.17) is 0 Å². The molecular weight excluding hydrogens is 370 g/mol. The molecule has 0 bridgehead atoms. The van der Waals surface area contributed by atoms with Gasteiger partial charge in [0.05, 0.1) is 17.2 Å². The number of rotatable bonds is 7. The highest BCUT2D eigenvalue weighted by Crippen LogP contribution is 2.21. The number of nitrogens with zero attached hydrogens (tertiary/aromatic N) is 2. The third-order valence-electron chi connectivity index (χ3n) is 5.01. The Kier molecular flexibility index (Phi) is 7.09. The van der Waals surface area contributed by atoms with Crippen LogP contribution in [-0.2, 0) is 16.3 Å². The highest BCUT2D eigenvalue weighted by atomic mass is 32.2. The van der Waals surface area contributed by atoms with E-state index in [0.717, 1.165) is 38.4 Å². The molecule has 5 nitrogen and oxygen atoms in total. The number of hydrogen-bond acceptors (Lipinski definition) is 3. The van der Waals surface area contributed by atoms with Gasteiger partial charge in [0.15, 0.2) is 15.8 Å². The van der Waals surface area contributed by atoms with Crippen molar-refractivity contribution in [2.24, 2.45) is 10.9 Å². The summed E-state index contributed by atoms with van der Waals surface area (Å²) in [5.41, 5.74) is 1.37. The van der Waals surface area contributed by atoms with E-state index >= 15 is 0 Å². The molecule has 2 aromatic rings. The zero-order valence-electron chi connectivity index (χ0n) is 16.4. The summed E-state index contributed by atoms with van der Waals surface area (Å²) in [5, 5.41) is 3.32. The van der Waals surface area contributed by atoms with E-state index in [1.54, 1.807) is 24.3 Å². The van der Waals surface area contributed by atoms with E-state index in [0.29, 0.717) is 10.8 Å². The van der Waals surface area contributed by atoms with Gasteiger partial charge in [-0.25, -0.2) is 8.42 Å². The zero-order chi connectivity index (χ0) is 19.8. The van der Waals surface area contributed by atoms with Crippen molar-refractivity contribution < 1.29 is 8.42 Å². The lowest BCUT2D eigenvalue weighted by Crippen LogP contribution is -2.40. The van der Waals surface area contributed by atoms with Crippen LogP contribution in [0.1, 0.15) is 18.9 Å². The molecule has 1 unspecified atom stereocenters. The van der Waals surface area contributed by atoms with Gasteiger partial charge in [-0.15, -0.1) is 0 Å². The number of benzene rings is 2. The number of guanidine groups is 1. The Hall–Kier alpha value is -2.34. The lowest BCUT2D eigenvalue weighted by atomic mass is 9.99. The molecule has 0 radical (unpaired) electrons. The maximum absolute atomic E-state index is 12.4. The Morgan fingerprint density at radius 2 is 1.79 bits per heavy atom. The first-order chi connectivity index (χ1) is 13.6. The molecule has 28 heavy (non-hydrogen) atoms. The molecule has 3 rings (SSSR count). The van der Waals surface area contributed by atoms with E-state index in [1.165, 1.54) is 5.56 Å². The maximum Gasteiger partial charge on any atom is 0.193 e. The molecule has 0 aliphatic carbocycles. The Bertz CT molecular complexity index is 867. The van der Waals surface area contributed by atoms with Gasteiger partial charge < -0.3 is 10.2 Å². The first-order valence-electron chi connectivity index (χ1n) is 9.93. The number of aliphatic imine (C=N–C) groups is 1. The van der Waals surface area contributed by atoms with E-state index in [1.807, 2.05) is 19.1 Å². The van der Waals surface area contributed by atoms with Crippen molar-refractivity contribution in [1.29, 1.82) is 0 Å². The SMILES string of the molecule is CCNC(=NCCS(=O)(=O)c1ccccc1)N1CCC(Cc2ccccc2)C1. The van der Waals surface area contributed by atoms with Gasteiger partial charge >= 0.3 is 0 Å². The van der Waals surface area contributed by atoms with Crippen molar-refractivity contribution in [3.8, 4) is 0 Å². The molecule has 1 heterocycles. The number of likely N-dealkylation sites (tertiary alicyclic amines) is 1. The van der Waals surface area contributed by atoms with Crippen molar-refractivity contribution in [3.63, 3.8) is 0 Å². The summed E-state index contributed by atoms with van der Waals surface area (Å²) in [4.78, 5) is 7.22. The van der Waals surface area contributed by atoms with E-state index in [-0.39, 0.29) is 12.3 Å². The largest absolute Gasteiger partial charge is 0.357 e. The molecule has 1 atom stereocenters. The summed E-state index contributed by atoms with van der Waals surface area (Å²) in [6.45, 7) is 4.97. The van der Waals surface area contributed by atoms with Gasteiger partial charge in [-0.3, -0.25) is 4.99 Å². The lowest BCUT2D eigenvalue weighted by molar-refractivity contribution is 0.460. The molecule has 1 N–H and O–H groups in total. The van der Waals surface area contributed by atoms with Gasteiger partial charge in [-0.1, -0.05) is 48.5 Å². The van der Waals surface area contributed by atoms with Crippen LogP contribution in [0, 0.1) is 5.92 Å². The fraction of sp³-hybridized carbons (Fsp3) is 0.409. The Balaban J connectivity index is 1.58. The van der Waals surface area contributed by atoms with Crippen molar-refractivity contribution >= 4 is 15.8 Å². The second-order valence-electron chi connectivity index (χ2n) is 7.16. The van der Waals surface area contributed by atoms with Crippen LogP contribution in [-0.4, -0.2) is 51.2 Å². The molecule has 0 amide bonds. The number of sulfone groups is 1. The van der Waals surface area contributed by atoms with E-state index in [2.05, 4.69) is 39.5 Å². The molecule has 1 fully saturated rings. The Morgan fingerprint density at radius 3 is 2.46 bits per heavy atom. The molecule has 150 valence electrons. The summed E-state index contributed by atoms with van der Waals surface area (Å²) in [7, 11) is -3.30. The van der Waals surface area contributed by atoms with E-state index in [9.17, 15) is 8.42 Å². The summed E-state index contributed by atoms with van der Waals surface area (Å²) < 4.78 is 24.9. The van der Waals surface area contributed by atoms with E-state index < -0.39 is 9.84 Å².